The molecule has 0 saturated carbocycles. The van der Waals surface area contributed by atoms with E-state index in [2.05, 4.69) is 0 Å². The van der Waals surface area contributed by atoms with Crippen molar-refractivity contribution in [3.05, 3.63) is 0 Å². The van der Waals surface area contributed by atoms with Gasteiger partial charge in [0.25, 0.3) is 0 Å². The van der Waals surface area contributed by atoms with Gasteiger partial charge in [0.2, 0.25) is 0 Å². The molecule has 0 aromatic rings. The van der Waals surface area contributed by atoms with Crippen LogP contribution in [0, 0.1) is 17.2 Å². The van der Waals surface area contributed by atoms with Crippen LogP contribution < -0.4 is 0 Å². The van der Waals surface area contributed by atoms with E-state index in [0.29, 0.717) is 0 Å². The van der Waals surface area contributed by atoms with E-state index in [9.17, 15) is 9.36 Å². The molecule has 0 aliphatic carbocycles. The van der Waals surface area contributed by atoms with Gasteiger partial charge in [-0.05, 0) is 6.42 Å². The molecule has 3 N–H and O–H groups in total. The summed E-state index contributed by atoms with van der Waals surface area (Å²) in [4.78, 5) is 27.4. The molecular formula is C6H10NO5P. The fourth-order valence-corrected chi connectivity index (χ4v) is 1.73. The van der Waals surface area contributed by atoms with E-state index in [1.807, 2.05) is 0 Å². The van der Waals surface area contributed by atoms with E-state index < -0.39 is 25.6 Å². The zero-order valence-corrected chi connectivity index (χ0v) is 7.65. The molecule has 0 rings (SSSR count). The lowest BCUT2D eigenvalue weighted by atomic mass is 10.1. The molecule has 0 aromatic carbocycles. The maximum atomic E-state index is 10.5. The number of aliphatic carboxylic acids is 1. The average molecular weight is 207 g/mol. The van der Waals surface area contributed by atoms with Crippen LogP contribution in [0.1, 0.15) is 12.8 Å². The van der Waals surface area contributed by atoms with Crippen molar-refractivity contribution in [2.24, 2.45) is 5.92 Å². The van der Waals surface area contributed by atoms with Gasteiger partial charge in [0.15, 0.2) is 0 Å². The highest BCUT2D eigenvalue weighted by atomic mass is 31.2. The minimum atomic E-state index is -4.31. The van der Waals surface area contributed by atoms with Crippen LogP contribution in [-0.2, 0) is 9.36 Å². The van der Waals surface area contributed by atoms with E-state index in [1.165, 1.54) is 0 Å². The first-order valence-electron chi connectivity index (χ1n) is 3.51. The first kappa shape index (κ1) is 12.1. The molecule has 0 fully saturated rings. The number of rotatable bonds is 5. The number of carboxylic acids is 1. The predicted molar refractivity (Wildman–Crippen MR) is 42.9 cm³/mol. The van der Waals surface area contributed by atoms with Crippen LogP contribution in [0.4, 0.5) is 0 Å². The molecule has 13 heavy (non-hydrogen) atoms. The van der Waals surface area contributed by atoms with Crippen molar-refractivity contribution in [1.29, 1.82) is 5.26 Å². The fraction of sp³-hybridized carbons (Fsp3) is 0.667. The minimum absolute atomic E-state index is 0.0169. The number of nitriles is 1. The molecule has 0 heterocycles. The summed E-state index contributed by atoms with van der Waals surface area (Å²) >= 11 is 0. The summed E-state index contributed by atoms with van der Waals surface area (Å²) in [5.74, 6) is -2.42. The topological polar surface area (TPSA) is 119 Å². The van der Waals surface area contributed by atoms with Crippen molar-refractivity contribution in [3.63, 3.8) is 0 Å². The number of nitrogens with zero attached hydrogens (tertiary/aromatic N) is 1. The molecule has 0 saturated heterocycles. The van der Waals surface area contributed by atoms with Gasteiger partial charge < -0.3 is 14.9 Å². The second-order valence-electron chi connectivity index (χ2n) is 2.58. The van der Waals surface area contributed by atoms with E-state index >= 15 is 0 Å². The van der Waals surface area contributed by atoms with Crippen LogP contribution in [0.5, 0.6) is 0 Å². The Bertz CT molecular complexity index is 265. The number of carbonyl (C=O) groups is 1. The lowest BCUT2D eigenvalue weighted by Crippen LogP contribution is -2.17. The Hall–Kier alpha value is -0.890. The van der Waals surface area contributed by atoms with Gasteiger partial charge >= 0.3 is 13.6 Å². The van der Waals surface area contributed by atoms with Crippen LogP contribution in [0.3, 0.4) is 0 Å². The van der Waals surface area contributed by atoms with Crippen molar-refractivity contribution < 1.29 is 24.3 Å². The molecule has 0 spiro atoms. The smallest absolute Gasteiger partial charge is 0.326 e. The van der Waals surface area contributed by atoms with Gasteiger partial charge in [0.1, 0.15) is 0 Å². The third-order valence-electron chi connectivity index (χ3n) is 1.41. The Balaban J connectivity index is 4.21. The van der Waals surface area contributed by atoms with Crippen molar-refractivity contribution in [2.75, 3.05) is 6.16 Å². The molecule has 1 atom stereocenters. The molecule has 0 bridgehead atoms. The minimum Gasteiger partial charge on any atom is -0.481 e. The van der Waals surface area contributed by atoms with Crippen molar-refractivity contribution >= 4 is 13.6 Å². The van der Waals surface area contributed by atoms with Gasteiger partial charge in [-0.15, -0.1) is 0 Å². The van der Waals surface area contributed by atoms with Crippen molar-refractivity contribution in [1.82, 2.24) is 0 Å². The van der Waals surface area contributed by atoms with Gasteiger partial charge in [-0.1, -0.05) is 0 Å². The van der Waals surface area contributed by atoms with E-state index in [4.69, 9.17) is 20.2 Å². The number of carboxylic acid groups (broad SMARTS) is 1. The molecule has 0 aromatic heterocycles. The summed E-state index contributed by atoms with van der Waals surface area (Å²) in [6, 6.07) is 1.72. The normalized spacial score (nSPS) is 13.3. The molecule has 6 nitrogen and oxygen atoms in total. The van der Waals surface area contributed by atoms with Gasteiger partial charge in [-0.2, -0.15) is 5.26 Å². The standard InChI is InChI=1S/C6H10NO5P/c7-3-1-2-5(6(8)9)4-13(10,11)12/h5H,1-2,4H2,(H,8,9)(H2,10,11,12). The van der Waals surface area contributed by atoms with Crippen LogP contribution in [0.25, 0.3) is 0 Å². The molecule has 74 valence electrons. The summed E-state index contributed by atoms with van der Waals surface area (Å²) in [6.07, 6.45) is -0.752. The number of hydrogen-bond donors (Lipinski definition) is 3. The first-order chi connectivity index (χ1) is 5.87. The summed E-state index contributed by atoms with van der Waals surface area (Å²) in [5, 5.41) is 16.7. The quantitative estimate of drug-likeness (QED) is 0.553. The number of hydrogen-bond acceptors (Lipinski definition) is 3. The molecule has 0 aliphatic rings. The van der Waals surface area contributed by atoms with Gasteiger partial charge in [-0.25, -0.2) is 0 Å². The Morgan fingerprint density at radius 2 is 2.08 bits per heavy atom. The van der Waals surface area contributed by atoms with Gasteiger partial charge in [-0.3, -0.25) is 9.36 Å². The van der Waals surface area contributed by atoms with Crippen LogP contribution in [0.2, 0.25) is 0 Å². The maximum Gasteiger partial charge on any atom is 0.326 e. The second-order valence-corrected chi connectivity index (χ2v) is 4.27. The second kappa shape index (κ2) is 4.97. The highest BCUT2D eigenvalue weighted by Gasteiger charge is 2.26. The fourth-order valence-electron chi connectivity index (χ4n) is 0.819. The third kappa shape index (κ3) is 6.29. The summed E-state index contributed by atoms with van der Waals surface area (Å²) in [7, 11) is -4.31. The Morgan fingerprint density at radius 1 is 1.54 bits per heavy atom. The molecule has 0 amide bonds. The van der Waals surface area contributed by atoms with E-state index in [0.717, 1.165) is 0 Å². The third-order valence-corrected chi connectivity index (χ3v) is 2.33. The summed E-state index contributed by atoms with van der Waals surface area (Å²) in [5.41, 5.74) is 0. The monoisotopic (exact) mass is 207 g/mol. The zero-order chi connectivity index (χ0) is 10.5. The van der Waals surface area contributed by atoms with Crippen LogP contribution in [-0.4, -0.2) is 27.0 Å². The van der Waals surface area contributed by atoms with Crippen molar-refractivity contribution in [3.8, 4) is 6.07 Å². The SMILES string of the molecule is N#CCCC(CP(=O)(O)O)C(=O)O. The first-order valence-corrected chi connectivity index (χ1v) is 5.31. The Morgan fingerprint density at radius 3 is 2.38 bits per heavy atom. The average Bonchev–Trinajstić information content (AvgIpc) is 1.95. The summed E-state index contributed by atoms with van der Waals surface area (Å²) in [6.45, 7) is 0. The molecule has 0 radical (unpaired) electrons. The van der Waals surface area contributed by atoms with E-state index in [-0.39, 0.29) is 12.8 Å². The Labute approximate surface area is 75.0 Å². The highest BCUT2D eigenvalue weighted by Crippen LogP contribution is 2.37. The molecule has 0 aliphatic heterocycles. The largest absolute Gasteiger partial charge is 0.481 e. The molecule has 7 heteroatoms. The molecule has 1 unspecified atom stereocenters. The van der Waals surface area contributed by atoms with Gasteiger partial charge in [0, 0.05) is 6.42 Å². The lowest BCUT2D eigenvalue weighted by molar-refractivity contribution is -0.141. The van der Waals surface area contributed by atoms with Crippen LogP contribution >= 0.6 is 7.60 Å². The summed E-state index contributed by atoms with van der Waals surface area (Å²) < 4.78 is 10.5. The maximum absolute atomic E-state index is 10.5. The van der Waals surface area contributed by atoms with Crippen LogP contribution in [0.15, 0.2) is 0 Å². The van der Waals surface area contributed by atoms with Gasteiger partial charge in [0.05, 0.1) is 18.1 Å². The Kier molecular flexibility index (Phi) is 4.63. The van der Waals surface area contributed by atoms with Crippen molar-refractivity contribution in [2.45, 2.75) is 12.8 Å². The van der Waals surface area contributed by atoms with E-state index in [1.54, 1.807) is 6.07 Å². The predicted octanol–water partition coefficient (Wildman–Crippen LogP) is 0.169. The zero-order valence-electron chi connectivity index (χ0n) is 6.75. The highest BCUT2D eigenvalue weighted by molar-refractivity contribution is 7.51. The molecular weight excluding hydrogens is 197 g/mol. The lowest BCUT2D eigenvalue weighted by Gasteiger charge is -2.10.